The highest BCUT2D eigenvalue weighted by Crippen LogP contribution is 2.43. The molecule has 2 aromatic heterocycles. The number of anilines is 1. The van der Waals surface area contributed by atoms with E-state index in [-0.39, 0.29) is 6.61 Å². The van der Waals surface area contributed by atoms with Crippen LogP contribution >= 0.6 is 23.1 Å². The van der Waals surface area contributed by atoms with Gasteiger partial charge in [-0.3, -0.25) is 9.36 Å². The van der Waals surface area contributed by atoms with Gasteiger partial charge in [0.25, 0.3) is 5.91 Å². The lowest BCUT2D eigenvalue weighted by Gasteiger charge is -2.23. The topological polar surface area (TPSA) is 112 Å². The molecule has 5 rings (SSSR count). The first-order valence-electron chi connectivity index (χ1n) is 13.8. The summed E-state index contributed by atoms with van der Waals surface area (Å²) in [5.74, 6) is -0.539. The Morgan fingerprint density at radius 3 is 2.52 bits per heavy atom. The third kappa shape index (κ3) is 6.12. The van der Waals surface area contributed by atoms with Gasteiger partial charge in [-0.1, -0.05) is 42.1 Å². The number of benzene rings is 2. The number of fused-ring (bicyclic) bond motifs is 1. The van der Waals surface area contributed by atoms with Crippen molar-refractivity contribution in [1.29, 1.82) is 0 Å². The number of amides is 1. The number of esters is 2. The highest BCUT2D eigenvalue weighted by atomic mass is 32.2. The van der Waals surface area contributed by atoms with Crippen LogP contribution in [0.5, 0.6) is 0 Å². The minimum absolute atomic E-state index is 0.228. The average Bonchev–Trinajstić information content (AvgIpc) is 3.56. The summed E-state index contributed by atoms with van der Waals surface area (Å²) in [6.07, 6.45) is 3.21. The molecule has 0 fully saturated rings. The van der Waals surface area contributed by atoms with Gasteiger partial charge in [0.15, 0.2) is 11.3 Å². The number of nitrogens with one attached hydrogen (secondary N) is 1. The maximum atomic E-state index is 13.2. The van der Waals surface area contributed by atoms with E-state index < -0.39 is 23.9 Å². The maximum absolute atomic E-state index is 13.2. The van der Waals surface area contributed by atoms with Crippen molar-refractivity contribution in [3.63, 3.8) is 0 Å². The van der Waals surface area contributed by atoms with Crippen molar-refractivity contribution >= 4 is 45.9 Å². The van der Waals surface area contributed by atoms with Crippen LogP contribution in [0, 0.1) is 6.92 Å². The zero-order chi connectivity index (χ0) is 29.8. The Kier molecular flexibility index (Phi) is 9.08. The van der Waals surface area contributed by atoms with Crippen molar-refractivity contribution in [2.75, 3.05) is 18.2 Å². The smallest absolute Gasteiger partial charge is 0.341 e. The number of rotatable bonds is 9. The van der Waals surface area contributed by atoms with E-state index in [4.69, 9.17) is 9.47 Å². The van der Waals surface area contributed by atoms with Gasteiger partial charge in [-0.25, -0.2) is 9.59 Å². The van der Waals surface area contributed by atoms with Gasteiger partial charge >= 0.3 is 11.9 Å². The first kappa shape index (κ1) is 29.5. The molecule has 0 saturated heterocycles. The van der Waals surface area contributed by atoms with E-state index in [1.807, 2.05) is 35.9 Å². The molecule has 9 nitrogen and oxygen atoms in total. The number of hydrogen-bond acceptors (Lipinski definition) is 9. The lowest BCUT2D eigenvalue weighted by molar-refractivity contribution is -0.123. The van der Waals surface area contributed by atoms with E-state index in [2.05, 4.69) is 27.6 Å². The SMILES string of the molecule is CCOC(=O)c1c(NC(=O)C(C)OC(=O)c2ccc(-n3c(C)nnc3SC)cc2)sc2c1CCC(c1ccccc1)C2. The summed E-state index contributed by atoms with van der Waals surface area (Å²) >= 11 is 2.86. The van der Waals surface area contributed by atoms with Gasteiger partial charge in [-0.2, -0.15) is 0 Å². The second kappa shape index (κ2) is 12.9. The fourth-order valence-corrected chi connectivity index (χ4v) is 6.98. The Morgan fingerprint density at radius 1 is 1.10 bits per heavy atom. The Hall–Kier alpha value is -3.96. The quantitative estimate of drug-likeness (QED) is 0.183. The third-order valence-corrected chi connectivity index (χ3v) is 9.04. The van der Waals surface area contributed by atoms with Crippen molar-refractivity contribution in [3.05, 3.63) is 87.6 Å². The van der Waals surface area contributed by atoms with Crippen LogP contribution in [-0.2, 0) is 27.1 Å². The molecule has 4 aromatic rings. The van der Waals surface area contributed by atoms with E-state index in [1.54, 1.807) is 31.2 Å². The molecule has 2 heterocycles. The van der Waals surface area contributed by atoms with Crippen LogP contribution in [-0.4, -0.2) is 51.6 Å². The molecule has 42 heavy (non-hydrogen) atoms. The van der Waals surface area contributed by atoms with Crippen molar-refractivity contribution in [3.8, 4) is 5.69 Å². The summed E-state index contributed by atoms with van der Waals surface area (Å²) in [5.41, 5.74) is 3.71. The molecule has 218 valence electrons. The molecular formula is C31H32N4O5S2. The normalized spacial score (nSPS) is 15.0. The van der Waals surface area contributed by atoms with Gasteiger partial charge in [0.2, 0.25) is 0 Å². The molecule has 1 N–H and O–H groups in total. The molecule has 0 aliphatic heterocycles. The number of thioether (sulfide) groups is 1. The van der Waals surface area contributed by atoms with Gasteiger partial charge in [0, 0.05) is 10.6 Å². The molecule has 1 amide bonds. The van der Waals surface area contributed by atoms with Crippen molar-refractivity contribution in [2.45, 2.75) is 57.2 Å². The molecular weight excluding hydrogens is 572 g/mol. The predicted molar refractivity (Wildman–Crippen MR) is 163 cm³/mol. The van der Waals surface area contributed by atoms with Gasteiger partial charge in [-0.15, -0.1) is 21.5 Å². The Balaban J connectivity index is 1.29. The Labute approximate surface area is 252 Å². The minimum atomic E-state index is -1.09. The van der Waals surface area contributed by atoms with E-state index in [1.165, 1.54) is 35.6 Å². The monoisotopic (exact) mass is 604 g/mol. The molecule has 1 aliphatic carbocycles. The molecule has 11 heteroatoms. The summed E-state index contributed by atoms with van der Waals surface area (Å²) in [7, 11) is 0. The second-order valence-corrected chi connectivity index (χ2v) is 11.8. The summed E-state index contributed by atoms with van der Waals surface area (Å²) in [6.45, 7) is 5.35. The molecule has 0 saturated carbocycles. The lowest BCUT2D eigenvalue weighted by atomic mass is 9.83. The number of aromatic nitrogens is 3. The highest BCUT2D eigenvalue weighted by molar-refractivity contribution is 7.98. The number of aryl methyl sites for hydroxylation is 1. The summed E-state index contributed by atoms with van der Waals surface area (Å²) in [6, 6.07) is 17.2. The molecule has 1 aliphatic rings. The lowest BCUT2D eigenvalue weighted by Crippen LogP contribution is -2.30. The van der Waals surface area contributed by atoms with Crippen molar-refractivity contribution in [2.24, 2.45) is 0 Å². The standard InChI is InChI=1S/C31H32N4O5S2/c1-5-39-30(38)26-24-16-13-22(20-9-7-6-8-10-20)17-25(24)42-28(26)32-27(36)18(2)40-29(37)21-11-14-23(15-12-21)35-19(3)33-34-31(35)41-4/h6-12,14-15,18,22H,5,13,16-17H2,1-4H3,(H,32,36). The first-order chi connectivity index (χ1) is 20.3. The highest BCUT2D eigenvalue weighted by Gasteiger charge is 2.32. The molecule has 2 aromatic carbocycles. The molecule has 2 atom stereocenters. The van der Waals surface area contributed by atoms with Crippen LogP contribution in [0.2, 0.25) is 0 Å². The van der Waals surface area contributed by atoms with Crippen LogP contribution in [0.4, 0.5) is 5.00 Å². The van der Waals surface area contributed by atoms with Crippen LogP contribution < -0.4 is 5.32 Å². The van der Waals surface area contributed by atoms with Crippen molar-refractivity contribution < 1.29 is 23.9 Å². The summed E-state index contributed by atoms with van der Waals surface area (Å²) in [4.78, 5) is 40.1. The van der Waals surface area contributed by atoms with Crippen LogP contribution in [0.15, 0.2) is 59.8 Å². The third-order valence-electron chi connectivity index (χ3n) is 7.24. The zero-order valence-corrected chi connectivity index (χ0v) is 25.5. The Bertz CT molecular complexity index is 1600. The van der Waals surface area contributed by atoms with Crippen molar-refractivity contribution in [1.82, 2.24) is 14.8 Å². The van der Waals surface area contributed by atoms with Gasteiger partial charge in [0.05, 0.1) is 17.7 Å². The van der Waals surface area contributed by atoms with Gasteiger partial charge in [-0.05, 0) is 87.6 Å². The molecule has 0 bridgehead atoms. The zero-order valence-electron chi connectivity index (χ0n) is 23.9. The molecule has 0 spiro atoms. The number of carbonyl (C=O) groups excluding carboxylic acids is 3. The van der Waals surface area contributed by atoms with E-state index >= 15 is 0 Å². The maximum Gasteiger partial charge on any atom is 0.341 e. The van der Waals surface area contributed by atoms with Gasteiger partial charge < -0.3 is 14.8 Å². The molecule has 0 radical (unpaired) electrons. The fraction of sp³-hybridized carbons (Fsp3) is 0.323. The fourth-order valence-electron chi connectivity index (χ4n) is 5.12. The number of ether oxygens (including phenoxy) is 2. The van der Waals surface area contributed by atoms with E-state index in [0.29, 0.717) is 28.5 Å². The van der Waals surface area contributed by atoms with Crippen LogP contribution in [0.25, 0.3) is 5.69 Å². The number of nitrogens with zero attached hydrogens (tertiary/aromatic N) is 3. The molecule has 2 unspecified atom stereocenters. The average molecular weight is 605 g/mol. The van der Waals surface area contributed by atoms with E-state index in [9.17, 15) is 14.4 Å². The van der Waals surface area contributed by atoms with Gasteiger partial charge in [0.1, 0.15) is 10.8 Å². The predicted octanol–water partition coefficient (Wildman–Crippen LogP) is 5.99. The number of thiophene rings is 1. The number of hydrogen-bond donors (Lipinski definition) is 1. The van der Waals surface area contributed by atoms with Crippen LogP contribution in [0.1, 0.15) is 68.7 Å². The van der Waals surface area contributed by atoms with E-state index in [0.717, 1.165) is 40.0 Å². The van der Waals surface area contributed by atoms with Crippen LogP contribution in [0.3, 0.4) is 0 Å². The summed E-state index contributed by atoms with van der Waals surface area (Å²) < 4.78 is 12.7. The Morgan fingerprint density at radius 2 is 1.83 bits per heavy atom. The number of carbonyl (C=O) groups is 3. The summed E-state index contributed by atoms with van der Waals surface area (Å²) in [5, 5.41) is 12.3. The largest absolute Gasteiger partial charge is 0.462 e. The minimum Gasteiger partial charge on any atom is -0.462 e. The second-order valence-electron chi connectivity index (χ2n) is 9.93. The first-order valence-corrected chi connectivity index (χ1v) is 15.8.